The minimum Gasteiger partial charge on any atom is -0.494 e. The van der Waals surface area contributed by atoms with E-state index < -0.39 is 10.0 Å². The Balaban J connectivity index is 1.39. The van der Waals surface area contributed by atoms with Gasteiger partial charge >= 0.3 is 0 Å². The third kappa shape index (κ3) is 4.86. The molecule has 0 N–H and O–H groups in total. The smallest absolute Gasteiger partial charge is 0.243 e. The van der Waals surface area contributed by atoms with Gasteiger partial charge in [0.05, 0.1) is 11.5 Å². The largest absolute Gasteiger partial charge is 0.494 e. The summed E-state index contributed by atoms with van der Waals surface area (Å²) >= 11 is 0. The molecule has 0 unspecified atom stereocenters. The predicted octanol–water partition coefficient (Wildman–Crippen LogP) is 2.35. The molecule has 0 bridgehead atoms. The molecule has 0 amide bonds. The second-order valence-corrected chi connectivity index (χ2v) is 9.19. The Morgan fingerprint density at radius 1 is 1.03 bits per heavy atom. The molecule has 0 spiro atoms. The molecule has 9 nitrogen and oxygen atoms in total. The molecule has 10 heteroatoms. The van der Waals surface area contributed by atoms with Gasteiger partial charge in [0.2, 0.25) is 10.0 Å². The minimum absolute atomic E-state index is 0.284. The summed E-state index contributed by atoms with van der Waals surface area (Å²) in [5.74, 6) is 2.12. The minimum atomic E-state index is -3.55. The fourth-order valence-corrected chi connectivity index (χ4v) is 4.81. The molecule has 2 aromatic heterocycles. The molecule has 1 aliphatic heterocycles. The van der Waals surface area contributed by atoms with Crippen LogP contribution in [-0.4, -0.2) is 65.3 Å². The van der Waals surface area contributed by atoms with Crippen LogP contribution in [0.4, 0.5) is 5.82 Å². The molecule has 3 heterocycles. The van der Waals surface area contributed by atoms with Crippen molar-refractivity contribution in [2.45, 2.75) is 24.7 Å². The van der Waals surface area contributed by atoms with Gasteiger partial charge in [-0.25, -0.2) is 23.1 Å². The lowest BCUT2D eigenvalue weighted by atomic mass is 10.3. The zero-order valence-electron chi connectivity index (χ0n) is 17.5. The van der Waals surface area contributed by atoms with Crippen LogP contribution in [0.25, 0.3) is 5.82 Å². The fraction of sp³-hybridized carbons (Fsp3) is 0.381. The Morgan fingerprint density at radius 3 is 2.45 bits per heavy atom. The fourth-order valence-electron chi connectivity index (χ4n) is 3.39. The number of hydrogen-bond donors (Lipinski definition) is 0. The van der Waals surface area contributed by atoms with E-state index in [4.69, 9.17) is 4.74 Å². The van der Waals surface area contributed by atoms with Crippen molar-refractivity contribution in [3.05, 3.63) is 55.1 Å². The summed E-state index contributed by atoms with van der Waals surface area (Å²) in [5, 5.41) is 4.19. The van der Waals surface area contributed by atoms with E-state index in [2.05, 4.69) is 26.9 Å². The molecule has 0 aliphatic carbocycles. The van der Waals surface area contributed by atoms with Gasteiger partial charge in [0.1, 0.15) is 17.9 Å². The lowest BCUT2D eigenvalue weighted by molar-refractivity contribution is 0.309. The predicted molar refractivity (Wildman–Crippen MR) is 117 cm³/mol. The SMILES string of the molecule is CCCCOc1ccc(S(=O)(=O)N2CCN(c3cc(-n4cccn4)ncn3)CC2)cc1. The van der Waals surface area contributed by atoms with Crippen molar-refractivity contribution < 1.29 is 13.2 Å². The van der Waals surface area contributed by atoms with Crippen molar-refractivity contribution in [1.82, 2.24) is 24.1 Å². The van der Waals surface area contributed by atoms with E-state index in [-0.39, 0.29) is 4.90 Å². The second-order valence-electron chi connectivity index (χ2n) is 7.25. The average molecular weight is 443 g/mol. The van der Waals surface area contributed by atoms with Gasteiger partial charge in [-0.2, -0.15) is 9.40 Å². The van der Waals surface area contributed by atoms with Gasteiger partial charge in [-0.3, -0.25) is 0 Å². The number of ether oxygens (including phenoxy) is 1. The molecule has 0 radical (unpaired) electrons. The number of piperazine rings is 1. The Kier molecular flexibility index (Phi) is 6.47. The molecule has 1 aliphatic rings. The molecule has 0 saturated carbocycles. The van der Waals surface area contributed by atoms with Crippen LogP contribution >= 0.6 is 0 Å². The highest BCUT2D eigenvalue weighted by Gasteiger charge is 2.29. The molecular weight excluding hydrogens is 416 g/mol. The average Bonchev–Trinajstić information content (AvgIpc) is 3.35. The molecule has 0 atom stereocenters. The first-order valence-electron chi connectivity index (χ1n) is 10.4. The summed E-state index contributed by atoms with van der Waals surface area (Å²) in [7, 11) is -3.55. The number of hydrogen-bond acceptors (Lipinski definition) is 7. The maximum Gasteiger partial charge on any atom is 0.243 e. The Morgan fingerprint density at radius 2 is 1.77 bits per heavy atom. The molecule has 1 aromatic carbocycles. The first-order chi connectivity index (χ1) is 15.1. The van der Waals surface area contributed by atoms with Crippen LogP contribution in [0.3, 0.4) is 0 Å². The van der Waals surface area contributed by atoms with E-state index in [9.17, 15) is 8.42 Å². The van der Waals surface area contributed by atoms with Crippen LogP contribution in [0.2, 0.25) is 0 Å². The van der Waals surface area contributed by atoms with Gasteiger partial charge in [0, 0.05) is 44.6 Å². The molecule has 31 heavy (non-hydrogen) atoms. The first kappa shape index (κ1) is 21.3. The number of unbranched alkanes of at least 4 members (excludes halogenated alkanes) is 1. The van der Waals surface area contributed by atoms with E-state index in [1.165, 1.54) is 10.6 Å². The highest BCUT2D eigenvalue weighted by Crippen LogP contribution is 2.23. The van der Waals surface area contributed by atoms with Crippen LogP contribution in [0.15, 0.2) is 60.0 Å². The van der Waals surface area contributed by atoms with Gasteiger partial charge in [-0.1, -0.05) is 13.3 Å². The monoisotopic (exact) mass is 442 g/mol. The summed E-state index contributed by atoms with van der Waals surface area (Å²) in [4.78, 5) is 10.9. The Labute approximate surface area is 182 Å². The molecule has 1 saturated heterocycles. The summed E-state index contributed by atoms with van der Waals surface area (Å²) in [6.45, 7) is 4.61. The number of anilines is 1. The lowest BCUT2D eigenvalue weighted by Crippen LogP contribution is -2.48. The third-order valence-corrected chi connectivity index (χ3v) is 7.08. The van der Waals surface area contributed by atoms with Crippen molar-refractivity contribution >= 4 is 15.8 Å². The first-order valence-corrected chi connectivity index (χ1v) is 11.8. The number of rotatable bonds is 8. The summed E-state index contributed by atoms with van der Waals surface area (Å²) in [6, 6.07) is 10.4. The maximum atomic E-state index is 13.0. The Hall–Kier alpha value is -2.98. The maximum absolute atomic E-state index is 13.0. The highest BCUT2D eigenvalue weighted by molar-refractivity contribution is 7.89. The summed E-state index contributed by atoms with van der Waals surface area (Å²) < 4.78 is 34.9. The van der Waals surface area contributed by atoms with Crippen LogP contribution < -0.4 is 9.64 Å². The van der Waals surface area contributed by atoms with E-state index in [1.54, 1.807) is 35.1 Å². The molecule has 3 aromatic rings. The second kappa shape index (κ2) is 9.44. The van der Waals surface area contributed by atoms with Gasteiger partial charge in [0.15, 0.2) is 5.82 Å². The molecule has 1 fully saturated rings. The lowest BCUT2D eigenvalue weighted by Gasteiger charge is -2.34. The van der Waals surface area contributed by atoms with Gasteiger partial charge in [-0.05, 0) is 36.8 Å². The quantitative estimate of drug-likeness (QED) is 0.494. The molecule has 164 valence electrons. The topological polar surface area (TPSA) is 93.5 Å². The van der Waals surface area contributed by atoms with Gasteiger partial charge < -0.3 is 9.64 Å². The van der Waals surface area contributed by atoms with Crippen LogP contribution in [0.1, 0.15) is 19.8 Å². The molecular formula is C21H26N6O3S. The van der Waals surface area contributed by atoms with Gasteiger partial charge in [0.25, 0.3) is 0 Å². The van der Waals surface area contributed by atoms with Crippen molar-refractivity contribution in [2.75, 3.05) is 37.7 Å². The van der Waals surface area contributed by atoms with Gasteiger partial charge in [-0.15, -0.1) is 0 Å². The zero-order chi connectivity index (χ0) is 21.7. The van der Waals surface area contributed by atoms with Crippen molar-refractivity contribution in [2.24, 2.45) is 0 Å². The van der Waals surface area contributed by atoms with E-state index in [0.717, 1.165) is 18.7 Å². The van der Waals surface area contributed by atoms with Crippen LogP contribution in [0, 0.1) is 0 Å². The van der Waals surface area contributed by atoms with Crippen molar-refractivity contribution in [3.63, 3.8) is 0 Å². The standard InChI is InChI=1S/C21H26N6O3S/c1-2-3-15-30-18-5-7-19(8-6-18)31(28,29)26-13-11-25(12-14-26)20-16-21(23-17-22-20)27-10-4-9-24-27/h4-10,16-17H,2-3,11-15H2,1H3. The summed E-state index contributed by atoms with van der Waals surface area (Å²) in [6.07, 6.45) is 7.03. The van der Waals surface area contributed by atoms with Crippen LogP contribution in [0.5, 0.6) is 5.75 Å². The van der Waals surface area contributed by atoms with E-state index >= 15 is 0 Å². The number of sulfonamides is 1. The Bertz CT molecular complexity index is 1080. The number of nitrogens with zero attached hydrogens (tertiary/aromatic N) is 6. The summed E-state index contributed by atoms with van der Waals surface area (Å²) in [5.41, 5.74) is 0. The number of aromatic nitrogens is 4. The van der Waals surface area contributed by atoms with E-state index in [1.807, 2.05) is 18.3 Å². The van der Waals surface area contributed by atoms with Crippen molar-refractivity contribution in [3.8, 4) is 11.6 Å². The van der Waals surface area contributed by atoms with E-state index in [0.29, 0.717) is 44.4 Å². The normalized spacial score (nSPS) is 15.2. The molecule has 4 rings (SSSR count). The highest BCUT2D eigenvalue weighted by atomic mass is 32.2. The van der Waals surface area contributed by atoms with Crippen LogP contribution in [-0.2, 0) is 10.0 Å². The zero-order valence-corrected chi connectivity index (χ0v) is 18.3. The number of benzene rings is 1. The van der Waals surface area contributed by atoms with Crippen molar-refractivity contribution in [1.29, 1.82) is 0 Å². The third-order valence-electron chi connectivity index (χ3n) is 5.17.